The summed E-state index contributed by atoms with van der Waals surface area (Å²) < 4.78 is 0. The van der Waals surface area contributed by atoms with E-state index in [1.165, 1.54) is 48.5 Å². The topological polar surface area (TPSA) is 144 Å². The molecule has 0 aliphatic heterocycles. The molecular formula is C26H32N2O7. The number of nitrogens with one attached hydrogen (secondary N) is 1. The number of hydrazine groups is 1. The number of carboxylic acids is 1. The average Bonchev–Trinajstić information content (AvgIpc) is 2.83. The van der Waals surface area contributed by atoms with Crippen molar-refractivity contribution in [1.29, 1.82) is 0 Å². The van der Waals surface area contributed by atoms with Crippen molar-refractivity contribution in [2.24, 2.45) is 5.92 Å². The van der Waals surface area contributed by atoms with E-state index in [-0.39, 0.29) is 23.3 Å². The minimum absolute atomic E-state index is 0.0149. The second-order valence-electron chi connectivity index (χ2n) is 8.25. The average molecular weight is 485 g/mol. The standard InChI is InChI=1S/C26H32N2O7/c1-2-3-4-5-6-7-8-15-20(26(34)35)25(33)28(24(32)19-14-10-12-17-22(19)30)27-23(31)18-13-9-11-16-21(18)29/h9-14,16-17,20,29-30H,2-8,15H2,1H3,(H,27,31)(H,34,35). The van der Waals surface area contributed by atoms with Crippen LogP contribution in [0.3, 0.4) is 0 Å². The van der Waals surface area contributed by atoms with Crippen LogP contribution in [0.4, 0.5) is 0 Å². The Morgan fingerprint density at radius 2 is 1.31 bits per heavy atom. The fraction of sp³-hybridized carbons (Fsp3) is 0.385. The first-order valence-electron chi connectivity index (χ1n) is 11.8. The van der Waals surface area contributed by atoms with E-state index in [1.54, 1.807) is 0 Å². The molecule has 0 bridgehead atoms. The Labute approximate surface area is 204 Å². The van der Waals surface area contributed by atoms with Gasteiger partial charge in [0.05, 0.1) is 11.1 Å². The van der Waals surface area contributed by atoms with Crippen LogP contribution in [0.5, 0.6) is 11.5 Å². The van der Waals surface area contributed by atoms with Gasteiger partial charge in [0.15, 0.2) is 0 Å². The summed E-state index contributed by atoms with van der Waals surface area (Å²) in [6.45, 7) is 2.11. The Morgan fingerprint density at radius 3 is 1.86 bits per heavy atom. The van der Waals surface area contributed by atoms with Gasteiger partial charge in [-0.15, -0.1) is 0 Å². The predicted molar refractivity (Wildman–Crippen MR) is 129 cm³/mol. The van der Waals surface area contributed by atoms with Crippen LogP contribution in [0.2, 0.25) is 0 Å². The number of para-hydroxylation sites is 2. The Kier molecular flexibility index (Phi) is 10.7. The molecule has 0 aliphatic carbocycles. The molecule has 9 nitrogen and oxygen atoms in total. The van der Waals surface area contributed by atoms with Crippen molar-refractivity contribution in [3.63, 3.8) is 0 Å². The van der Waals surface area contributed by atoms with E-state index in [0.717, 1.165) is 38.5 Å². The zero-order valence-corrected chi connectivity index (χ0v) is 19.8. The summed E-state index contributed by atoms with van der Waals surface area (Å²) in [5, 5.41) is 30.1. The number of carbonyl (C=O) groups excluding carboxylic acids is 3. The van der Waals surface area contributed by atoms with Crippen LogP contribution < -0.4 is 5.43 Å². The summed E-state index contributed by atoms with van der Waals surface area (Å²) >= 11 is 0. The molecule has 0 saturated carbocycles. The third-order valence-electron chi connectivity index (χ3n) is 5.61. The number of rotatable bonds is 12. The largest absolute Gasteiger partial charge is 0.507 e. The Hall–Kier alpha value is -3.88. The summed E-state index contributed by atoms with van der Waals surface area (Å²) in [5.41, 5.74) is 1.61. The van der Waals surface area contributed by atoms with E-state index < -0.39 is 35.4 Å². The number of imide groups is 1. The van der Waals surface area contributed by atoms with E-state index >= 15 is 0 Å². The van der Waals surface area contributed by atoms with Gasteiger partial charge in [0.2, 0.25) is 0 Å². The molecule has 0 spiro atoms. The highest BCUT2D eigenvalue weighted by Gasteiger charge is 2.36. The molecule has 4 N–H and O–H groups in total. The number of phenolic OH excluding ortho intramolecular Hbond substituents is 2. The Morgan fingerprint density at radius 1 is 0.800 bits per heavy atom. The second kappa shape index (κ2) is 13.7. The molecule has 2 rings (SSSR count). The lowest BCUT2D eigenvalue weighted by atomic mass is 9.98. The van der Waals surface area contributed by atoms with Gasteiger partial charge >= 0.3 is 5.97 Å². The van der Waals surface area contributed by atoms with Crippen molar-refractivity contribution < 1.29 is 34.5 Å². The van der Waals surface area contributed by atoms with Gasteiger partial charge in [-0.1, -0.05) is 76.1 Å². The number of aromatic hydroxyl groups is 2. The maximum Gasteiger partial charge on any atom is 0.316 e. The van der Waals surface area contributed by atoms with E-state index in [2.05, 4.69) is 12.3 Å². The molecule has 0 heterocycles. The number of aliphatic carboxylic acids is 1. The molecule has 0 saturated heterocycles. The van der Waals surface area contributed by atoms with Crippen LogP contribution in [0.1, 0.15) is 79.0 Å². The SMILES string of the molecule is CCCCCCCCCC(C(=O)O)C(=O)N(NC(=O)c1ccccc1O)C(=O)c1ccccc1O. The van der Waals surface area contributed by atoms with Gasteiger partial charge in [-0.2, -0.15) is 5.01 Å². The lowest BCUT2D eigenvalue weighted by molar-refractivity contribution is -0.151. The zero-order chi connectivity index (χ0) is 25.8. The molecular weight excluding hydrogens is 452 g/mol. The van der Waals surface area contributed by atoms with Gasteiger partial charge in [-0.3, -0.25) is 24.6 Å². The zero-order valence-electron chi connectivity index (χ0n) is 19.8. The molecule has 0 fully saturated rings. The molecule has 9 heteroatoms. The number of phenols is 2. The highest BCUT2D eigenvalue weighted by Crippen LogP contribution is 2.22. The third kappa shape index (κ3) is 7.84. The van der Waals surface area contributed by atoms with Crippen LogP contribution in [-0.2, 0) is 9.59 Å². The first kappa shape index (κ1) is 27.4. The smallest absolute Gasteiger partial charge is 0.316 e. The fourth-order valence-corrected chi connectivity index (χ4v) is 3.62. The summed E-state index contributed by atoms with van der Waals surface area (Å²) in [6.07, 6.45) is 6.45. The summed E-state index contributed by atoms with van der Waals surface area (Å²) in [5.74, 6) is -7.04. The highest BCUT2D eigenvalue weighted by atomic mass is 16.4. The molecule has 188 valence electrons. The van der Waals surface area contributed by atoms with Crippen molar-refractivity contribution in [3.8, 4) is 11.5 Å². The van der Waals surface area contributed by atoms with Crippen molar-refractivity contribution >= 4 is 23.7 Å². The summed E-state index contributed by atoms with van der Waals surface area (Å²) in [6, 6.07) is 10.9. The molecule has 0 radical (unpaired) electrons. The maximum atomic E-state index is 13.2. The number of carboxylic acid groups (broad SMARTS) is 1. The first-order chi connectivity index (χ1) is 16.8. The molecule has 0 aromatic heterocycles. The number of hydrogen-bond acceptors (Lipinski definition) is 6. The number of carbonyl (C=O) groups is 4. The third-order valence-corrected chi connectivity index (χ3v) is 5.61. The molecule has 35 heavy (non-hydrogen) atoms. The number of unbranched alkanes of at least 4 members (excludes halogenated alkanes) is 6. The fourth-order valence-electron chi connectivity index (χ4n) is 3.62. The van der Waals surface area contributed by atoms with Gasteiger partial charge in [-0.25, -0.2) is 0 Å². The van der Waals surface area contributed by atoms with Gasteiger partial charge < -0.3 is 15.3 Å². The Bertz CT molecular complexity index is 1040. The van der Waals surface area contributed by atoms with E-state index in [0.29, 0.717) is 11.4 Å². The molecule has 1 atom stereocenters. The monoisotopic (exact) mass is 484 g/mol. The van der Waals surface area contributed by atoms with Gasteiger partial charge in [-0.05, 0) is 30.7 Å². The van der Waals surface area contributed by atoms with Crippen LogP contribution in [-0.4, -0.2) is 44.0 Å². The van der Waals surface area contributed by atoms with Crippen molar-refractivity contribution in [2.75, 3.05) is 0 Å². The van der Waals surface area contributed by atoms with E-state index in [4.69, 9.17) is 0 Å². The van der Waals surface area contributed by atoms with Crippen LogP contribution in [0, 0.1) is 5.92 Å². The molecule has 2 aromatic rings. The van der Waals surface area contributed by atoms with Crippen LogP contribution >= 0.6 is 0 Å². The maximum absolute atomic E-state index is 13.2. The van der Waals surface area contributed by atoms with Crippen molar-refractivity contribution in [3.05, 3.63) is 59.7 Å². The number of nitrogens with zero attached hydrogens (tertiary/aromatic N) is 1. The van der Waals surface area contributed by atoms with Crippen molar-refractivity contribution in [2.45, 2.75) is 58.3 Å². The predicted octanol–water partition coefficient (Wildman–Crippen LogP) is 4.25. The highest BCUT2D eigenvalue weighted by molar-refractivity contribution is 6.12. The van der Waals surface area contributed by atoms with Crippen LogP contribution in [0.25, 0.3) is 0 Å². The summed E-state index contributed by atoms with van der Waals surface area (Å²) in [7, 11) is 0. The lowest BCUT2D eigenvalue weighted by Crippen LogP contribution is -2.53. The summed E-state index contributed by atoms with van der Waals surface area (Å²) in [4.78, 5) is 51.0. The molecule has 1 unspecified atom stereocenters. The second-order valence-corrected chi connectivity index (χ2v) is 8.25. The lowest BCUT2D eigenvalue weighted by Gasteiger charge is -2.25. The van der Waals surface area contributed by atoms with E-state index in [9.17, 15) is 34.5 Å². The van der Waals surface area contributed by atoms with Crippen LogP contribution in [0.15, 0.2) is 48.5 Å². The first-order valence-corrected chi connectivity index (χ1v) is 11.8. The minimum atomic E-state index is -1.58. The minimum Gasteiger partial charge on any atom is -0.507 e. The van der Waals surface area contributed by atoms with Gasteiger partial charge in [0, 0.05) is 0 Å². The van der Waals surface area contributed by atoms with Crippen molar-refractivity contribution in [1.82, 2.24) is 10.4 Å². The molecule has 2 aromatic carbocycles. The number of hydrogen-bond donors (Lipinski definition) is 4. The quantitative estimate of drug-likeness (QED) is 0.200. The van der Waals surface area contributed by atoms with Gasteiger partial charge in [0.25, 0.3) is 17.7 Å². The molecule has 0 aliphatic rings. The van der Waals surface area contributed by atoms with Gasteiger partial charge in [0.1, 0.15) is 17.4 Å². The number of amides is 3. The van der Waals surface area contributed by atoms with E-state index in [1.807, 2.05) is 0 Å². The Balaban J connectivity index is 2.24. The number of benzene rings is 2. The molecule has 3 amide bonds. The normalized spacial score (nSPS) is 11.5.